The van der Waals surface area contributed by atoms with Crippen molar-refractivity contribution < 1.29 is 0 Å². The average molecular weight is 1200 g/mol. The first-order valence-electron chi connectivity index (χ1n) is 31.6. The van der Waals surface area contributed by atoms with Crippen LogP contribution in [0.25, 0.3) is 121 Å². The Morgan fingerprint density at radius 3 is 1.24 bits per heavy atom. The lowest BCUT2D eigenvalue weighted by Gasteiger charge is -2.40. The van der Waals surface area contributed by atoms with Gasteiger partial charge in [0.2, 0.25) is 0 Å². The molecule has 424 valence electrons. The summed E-state index contributed by atoms with van der Waals surface area (Å²) in [7, 11) is 0. The molecule has 0 saturated heterocycles. The zero-order valence-corrected chi connectivity index (χ0v) is 51.1. The van der Waals surface area contributed by atoms with Crippen molar-refractivity contribution in [1.29, 1.82) is 5.26 Å². The fraction of sp³-hybridized carbons (Fsp3) is 0.0230. The van der Waals surface area contributed by atoms with E-state index in [-0.39, 0.29) is 0 Å². The number of nitriles is 1. The number of nitrogens with zero attached hydrogens (tertiary/aromatic N) is 3. The number of hydrogen-bond donors (Lipinski definition) is 0. The van der Waals surface area contributed by atoms with Crippen molar-refractivity contribution in [2.45, 2.75) is 30.4 Å². The third-order valence-electron chi connectivity index (χ3n) is 21.0. The van der Waals surface area contributed by atoms with Crippen molar-refractivity contribution in [3.63, 3.8) is 0 Å². The van der Waals surface area contributed by atoms with E-state index in [0.29, 0.717) is 5.56 Å². The van der Waals surface area contributed by atoms with Crippen LogP contribution in [0.15, 0.2) is 317 Å². The highest BCUT2D eigenvalue weighted by atomic mass is 32.2. The highest BCUT2D eigenvalue weighted by Gasteiger charge is 2.52. The van der Waals surface area contributed by atoms with Crippen LogP contribution in [0.2, 0.25) is 0 Å². The van der Waals surface area contributed by atoms with Crippen LogP contribution in [0, 0.1) is 11.3 Å². The molecule has 0 saturated carbocycles. The monoisotopic (exact) mass is 1200 g/mol. The summed E-state index contributed by atoms with van der Waals surface area (Å²) in [5, 5.41) is 22.3. The normalized spacial score (nSPS) is 14.2. The van der Waals surface area contributed by atoms with Crippen LogP contribution in [0.4, 0.5) is 0 Å². The van der Waals surface area contributed by atoms with E-state index in [4.69, 9.17) is 0 Å². The Morgan fingerprint density at radius 1 is 0.283 bits per heavy atom. The van der Waals surface area contributed by atoms with Crippen LogP contribution >= 0.6 is 23.5 Å². The van der Waals surface area contributed by atoms with Crippen LogP contribution in [0.3, 0.4) is 0 Å². The van der Waals surface area contributed by atoms with Crippen LogP contribution in [0.1, 0.15) is 50.1 Å². The molecule has 0 radical (unpaired) electrons. The summed E-state index contributed by atoms with van der Waals surface area (Å²) in [6, 6.07) is 114. The number of fused-ring (bicyclic) bond motifs is 31. The molecular formula is C87H49N3S2. The van der Waals surface area contributed by atoms with Crippen LogP contribution < -0.4 is 0 Å². The van der Waals surface area contributed by atoms with E-state index in [1.54, 1.807) is 0 Å². The molecule has 2 aliphatic carbocycles. The number of rotatable bonds is 3. The SMILES string of the molecule is N#Cc1ccc(-n2c3ccc4c(c3c3c5ccccc5ccc32)Sc2cc(-c3ccc5cc(-n6c7ccc8c(c7c7c9ccccc9ccc76)Sc6ccccc6C86c7ccccc7-c7ccccc76)ccc5c3)ccc2C42c3ccccc3-c3ccccc32)cc1. The second kappa shape index (κ2) is 18.5. The number of hydrogen-bond acceptors (Lipinski definition) is 3. The molecule has 0 atom stereocenters. The summed E-state index contributed by atoms with van der Waals surface area (Å²) in [6.45, 7) is 0. The summed E-state index contributed by atoms with van der Waals surface area (Å²) < 4.78 is 4.94. The van der Waals surface area contributed by atoms with E-state index >= 15 is 0 Å². The first-order valence-corrected chi connectivity index (χ1v) is 33.2. The Labute approximate surface area is 538 Å². The fourth-order valence-corrected chi connectivity index (χ4v) is 20.1. The number of benzene rings is 15. The van der Waals surface area contributed by atoms with Crippen molar-refractivity contribution in [3.8, 4) is 50.8 Å². The minimum absolute atomic E-state index is 0.480. The molecule has 2 aromatic heterocycles. The summed E-state index contributed by atoms with van der Waals surface area (Å²) in [5.41, 5.74) is 24.6. The molecule has 0 unspecified atom stereocenters. The lowest BCUT2D eigenvalue weighted by Crippen LogP contribution is -2.32. The summed E-state index contributed by atoms with van der Waals surface area (Å²) >= 11 is 3.86. The van der Waals surface area contributed by atoms with Crippen molar-refractivity contribution in [3.05, 3.63) is 347 Å². The van der Waals surface area contributed by atoms with Gasteiger partial charge < -0.3 is 9.13 Å². The largest absolute Gasteiger partial charge is 0.309 e. The van der Waals surface area contributed by atoms with E-state index < -0.39 is 10.8 Å². The standard InChI is InChI=1S/C87H49N3S2/c88-50-51-29-37-58(38-30-51)89-74-43-35-52-15-1-3-17-60(52)80(74)82-76(89)45-41-73-85(82)92-79-49-57(34-40-71(79)87(73)68-25-11-7-21-64(68)65-22-8-12-26-69(65)87)54-31-32-56-48-59(39-33-55(56)47-54)90-75-44-36-53-16-2-4-18-61(53)81(75)83-77(90)46-42-72-84(83)91-78-28-14-13-27-70(78)86(72)66-23-9-5-19-62(66)63-20-6-10-24-67(63)86/h1-49H. The van der Waals surface area contributed by atoms with Gasteiger partial charge in [-0.15, -0.1) is 0 Å². The van der Waals surface area contributed by atoms with E-state index in [2.05, 4.69) is 300 Å². The van der Waals surface area contributed by atoms with Gasteiger partial charge in [0.25, 0.3) is 0 Å². The molecule has 0 bridgehead atoms. The maximum Gasteiger partial charge on any atom is 0.0991 e. The van der Waals surface area contributed by atoms with Gasteiger partial charge in [-0.1, -0.05) is 242 Å². The van der Waals surface area contributed by atoms with Gasteiger partial charge in [0.1, 0.15) is 0 Å². The summed E-state index contributed by atoms with van der Waals surface area (Å²) in [6.07, 6.45) is 0. The molecule has 3 nitrogen and oxygen atoms in total. The summed E-state index contributed by atoms with van der Waals surface area (Å²) in [5.74, 6) is 0. The van der Waals surface area contributed by atoms with Gasteiger partial charge in [0, 0.05) is 52.5 Å². The molecule has 2 aliphatic heterocycles. The second-order valence-electron chi connectivity index (χ2n) is 25.2. The second-order valence-corrected chi connectivity index (χ2v) is 27.3. The minimum Gasteiger partial charge on any atom is -0.309 e. The predicted molar refractivity (Wildman–Crippen MR) is 381 cm³/mol. The highest BCUT2D eigenvalue weighted by Crippen LogP contribution is 2.66. The zero-order chi connectivity index (χ0) is 60.1. The van der Waals surface area contributed by atoms with Crippen LogP contribution in [0.5, 0.6) is 0 Å². The Bertz CT molecular complexity index is 6140. The van der Waals surface area contributed by atoms with Gasteiger partial charge in [-0.05, 0) is 189 Å². The molecular weight excluding hydrogens is 1150 g/mol. The molecule has 0 amide bonds. The molecule has 4 aliphatic rings. The molecule has 0 fully saturated rings. The Morgan fingerprint density at radius 2 is 0.674 bits per heavy atom. The molecule has 0 N–H and O–H groups in total. The van der Waals surface area contributed by atoms with E-state index in [9.17, 15) is 5.26 Å². The molecule has 5 heteroatoms. The van der Waals surface area contributed by atoms with Gasteiger partial charge in [0.05, 0.1) is 44.5 Å². The minimum atomic E-state index is -0.584. The first-order chi connectivity index (χ1) is 45.6. The smallest absolute Gasteiger partial charge is 0.0991 e. The Hall–Kier alpha value is -11.1. The Balaban J connectivity index is 0.751. The molecule has 15 aromatic carbocycles. The molecule has 2 spiro atoms. The van der Waals surface area contributed by atoms with Gasteiger partial charge in [-0.25, -0.2) is 0 Å². The first kappa shape index (κ1) is 50.7. The van der Waals surface area contributed by atoms with Crippen molar-refractivity contribution >= 4 is 99.5 Å². The third-order valence-corrected chi connectivity index (χ3v) is 23.4. The number of aromatic nitrogens is 2. The predicted octanol–water partition coefficient (Wildman–Crippen LogP) is 22.5. The molecule has 21 rings (SSSR count). The van der Waals surface area contributed by atoms with Gasteiger partial charge >= 0.3 is 0 Å². The van der Waals surface area contributed by atoms with Gasteiger partial charge in [-0.2, -0.15) is 5.26 Å². The molecule has 4 heterocycles. The van der Waals surface area contributed by atoms with Gasteiger partial charge in [-0.3, -0.25) is 0 Å². The lowest BCUT2D eigenvalue weighted by atomic mass is 9.67. The van der Waals surface area contributed by atoms with E-state index in [1.165, 1.54) is 162 Å². The topological polar surface area (TPSA) is 33.6 Å². The van der Waals surface area contributed by atoms with E-state index in [1.807, 2.05) is 35.7 Å². The highest BCUT2D eigenvalue weighted by molar-refractivity contribution is 8.00. The van der Waals surface area contributed by atoms with Crippen molar-refractivity contribution in [1.82, 2.24) is 9.13 Å². The van der Waals surface area contributed by atoms with Gasteiger partial charge in [0.15, 0.2) is 0 Å². The molecule has 92 heavy (non-hydrogen) atoms. The zero-order valence-electron chi connectivity index (χ0n) is 49.4. The Kier molecular flexibility index (Phi) is 10.2. The lowest BCUT2D eigenvalue weighted by molar-refractivity contribution is 0.726. The quantitative estimate of drug-likeness (QED) is 0.177. The van der Waals surface area contributed by atoms with Crippen molar-refractivity contribution in [2.75, 3.05) is 0 Å². The average Bonchev–Trinajstić information content (AvgIpc) is 1.44. The maximum atomic E-state index is 9.89. The molecule has 17 aromatic rings. The third kappa shape index (κ3) is 6.42. The van der Waals surface area contributed by atoms with Crippen LogP contribution in [-0.2, 0) is 10.8 Å². The van der Waals surface area contributed by atoms with Crippen molar-refractivity contribution in [2.24, 2.45) is 0 Å². The van der Waals surface area contributed by atoms with E-state index in [0.717, 1.165) is 22.4 Å². The summed E-state index contributed by atoms with van der Waals surface area (Å²) in [4.78, 5) is 5.14. The fourth-order valence-electron chi connectivity index (χ4n) is 17.4. The van der Waals surface area contributed by atoms with Crippen LogP contribution in [-0.4, -0.2) is 9.13 Å². The maximum absolute atomic E-state index is 9.89.